The molecule has 0 aliphatic carbocycles. The van der Waals surface area contributed by atoms with Crippen LogP contribution in [0.1, 0.15) is 27.4 Å². The Hall–Kier alpha value is -3.48. The van der Waals surface area contributed by atoms with E-state index in [1.165, 1.54) is 0 Å². The first-order valence-corrected chi connectivity index (χ1v) is 10.6. The molecule has 6 nitrogen and oxygen atoms in total. The van der Waals surface area contributed by atoms with Gasteiger partial charge in [-0.1, -0.05) is 40.9 Å². The van der Waals surface area contributed by atoms with Crippen molar-refractivity contribution in [3.05, 3.63) is 99.7 Å². The summed E-state index contributed by atoms with van der Waals surface area (Å²) in [6.45, 7) is 2.46. The van der Waals surface area contributed by atoms with Gasteiger partial charge in [-0.05, 0) is 48.9 Å². The van der Waals surface area contributed by atoms with Gasteiger partial charge in [-0.15, -0.1) is 10.2 Å². The van der Waals surface area contributed by atoms with Crippen molar-refractivity contribution in [2.75, 3.05) is 0 Å². The molecule has 3 aromatic heterocycles. The molecule has 0 atom stereocenters. The zero-order valence-corrected chi connectivity index (χ0v) is 18.4. The summed E-state index contributed by atoms with van der Waals surface area (Å²) in [7, 11) is 0. The molecular formula is C24H16Cl2N4O2. The largest absolute Gasteiger partial charge is 0.413 e. The summed E-state index contributed by atoms with van der Waals surface area (Å²) in [6, 6.07) is 14.8. The molecule has 5 rings (SSSR count). The molecule has 2 aromatic carbocycles. The number of hydrogen-bond donors (Lipinski definition) is 0. The molecule has 0 N–H and O–H groups in total. The lowest BCUT2D eigenvalue weighted by molar-refractivity contribution is 0.100. The van der Waals surface area contributed by atoms with Crippen molar-refractivity contribution in [1.82, 2.24) is 19.7 Å². The van der Waals surface area contributed by atoms with Crippen LogP contribution in [-0.4, -0.2) is 25.5 Å². The highest BCUT2D eigenvalue weighted by atomic mass is 35.5. The number of aromatic nitrogens is 4. The van der Waals surface area contributed by atoms with Gasteiger partial charge < -0.3 is 8.98 Å². The van der Waals surface area contributed by atoms with Gasteiger partial charge in [0.05, 0.1) is 5.56 Å². The standard InChI is InChI=1S/C24H16Cl2N4O2/c1-14-2-5-21-18(10-14)19(13-30(21)12-16-3-4-17(25)11-20(16)26)22(31)24-29-28-23(32-24)15-6-8-27-9-7-15/h2-11,13H,12H2,1H3. The van der Waals surface area contributed by atoms with Crippen LogP contribution >= 0.6 is 23.2 Å². The highest BCUT2D eigenvalue weighted by molar-refractivity contribution is 6.35. The van der Waals surface area contributed by atoms with Gasteiger partial charge in [0, 0.05) is 51.6 Å². The highest BCUT2D eigenvalue weighted by Crippen LogP contribution is 2.29. The van der Waals surface area contributed by atoms with Crippen LogP contribution in [0.3, 0.4) is 0 Å². The summed E-state index contributed by atoms with van der Waals surface area (Å²) in [6.07, 6.45) is 5.05. The van der Waals surface area contributed by atoms with Crippen LogP contribution < -0.4 is 0 Å². The fraction of sp³-hybridized carbons (Fsp3) is 0.0833. The summed E-state index contributed by atoms with van der Waals surface area (Å²) in [5.41, 5.74) is 4.02. The van der Waals surface area contributed by atoms with E-state index in [9.17, 15) is 4.79 Å². The van der Waals surface area contributed by atoms with Crippen LogP contribution in [0, 0.1) is 6.92 Å². The topological polar surface area (TPSA) is 73.8 Å². The Morgan fingerprint density at radius 2 is 1.84 bits per heavy atom. The second-order valence-electron chi connectivity index (χ2n) is 7.40. The van der Waals surface area contributed by atoms with E-state index in [1.54, 1.807) is 42.9 Å². The lowest BCUT2D eigenvalue weighted by Gasteiger charge is -2.08. The Labute approximate surface area is 193 Å². The molecule has 0 saturated carbocycles. The normalized spacial score (nSPS) is 11.2. The van der Waals surface area contributed by atoms with Gasteiger partial charge >= 0.3 is 0 Å². The average molecular weight is 463 g/mol. The fourth-order valence-electron chi connectivity index (χ4n) is 3.60. The summed E-state index contributed by atoms with van der Waals surface area (Å²) in [5.74, 6) is -0.139. The van der Waals surface area contributed by atoms with Crippen molar-refractivity contribution in [2.24, 2.45) is 0 Å². The number of carbonyl (C=O) groups excluding carboxylic acids is 1. The first kappa shape index (κ1) is 20.4. The number of fused-ring (bicyclic) bond motifs is 1. The van der Waals surface area contributed by atoms with Gasteiger partial charge in [-0.3, -0.25) is 9.78 Å². The van der Waals surface area contributed by atoms with E-state index >= 15 is 0 Å². The zero-order chi connectivity index (χ0) is 22.2. The predicted molar refractivity (Wildman–Crippen MR) is 123 cm³/mol. The molecule has 0 radical (unpaired) electrons. The predicted octanol–water partition coefficient (Wildman–Crippen LogP) is 5.98. The van der Waals surface area contributed by atoms with E-state index in [2.05, 4.69) is 15.2 Å². The second kappa shape index (κ2) is 8.22. The van der Waals surface area contributed by atoms with Crippen LogP contribution in [0.4, 0.5) is 0 Å². The summed E-state index contributed by atoms with van der Waals surface area (Å²) < 4.78 is 7.66. The van der Waals surface area contributed by atoms with Crippen LogP contribution in [0.5, 0.6) is 0 Å². The number of carbonyl (C=O) groups is 1. The minimum atomic E-state index is -0.339. The van der Waals surface area contributed by atoms with Gasteiger partial charge in [0.2, 0.25) is 5.89 Å². The Balaban J connectivity index is 1.56. The van der Waals surface area contributed by atoms with Crippen molar-refractivity contribution in [1.29, 1.82) is 0 Å². The molecule has 0 fully saturated rings. The summed E-state index contributed by atoms with van der Waals surface area (Å²) in [5, 5.41) is 9.96. The molecule has 158 valence electrons. The first-order valence-electron chi connectivity index (χ1n) is 9.81. The minimum absolute atomic E-state index is 0.0677. The molecule has 0 aliphatic heterocycles. The lowest BCUT2D eigenvalue weighted by Crippen LogP contribution is -2.02. The lowest BCUT2D eigenvalue weighted by atomic mass is 10.1. The monoisotopic (exact) mass is 462 g/mol. The smallest absolute Gasteiger partial charge is 0.289 e. The van der Waals surface area contributed by atoms with Crippen molar-refractivity contribution >= 4 is 39.9 Å². The molecule has 0 unspecified atom stereocenters. The maximum atomic E-state index is 13.3. The highest BCUT2D eigenvalue weighted by Gasteiger charge is 2.23. The molecule has 8 heteroatoms. The molecule has 0 aliphatic rings. The molecule has 0 amide bonds. The van der Waals surface area contributed by atoms with Crippen LogP contribution in [0.2, 0.25) is 10.0 Å². The van der Waals surface area contributed by atoms with Crippen molar-refractivity contribution in [2.45, 2.75) is 13.5 Å². The quantitative estimate of drug-likeness (QED) is 0.300. The fourth-order valence-corrected chi connectivity index (χ4v) is 4.07. The van der Waals surface area contributed by atoms with Crippen LogP contribution in [-0.2, 0) is 6.54 Å². The van der Waals surface area contributed by atoms with Gasteiger partial charge in [-0.25, -0.2) is 0 Å². The van der Waals surface area contributed by atoms with E-state index in [0.29, 0.717) is 27.7 Å². The van der Waals surface area contributed by atoms with Crippen molar-refractivity contribution < 1.29 is 9.21 Å². The van der Waals surface area contributed by atoms with E-state index in [4.69, 9.17) is 27.6 Å². The Morgan fingerprint density at radius 1 is 1.03 bits per heavy atom. The Morgan fingerprint density at radius 3 is 2.62 bits per heavy atom. The van der Waals surface area contributed by atoms with Gasteiger partial charge in [-0.2, -0.15) is 0 Å². The van der Waals surface area contributed by atoms with E-state index < -0.39 is 0 Å². The number of halogens is 2. The molecule has 32 heavy (non-hydrogen) atoms. The Bertz CT molecular complexity index is 1460. The first-order chi connectivity index (χ1) is 15.5. The molecule has 0 spiro atoms. The molecule has 0 saturated heterocycles. The van der Waals surface area contributed by atoms with Gasteiger partial charge in [0.25, 0.3) is 11.7 Å². The van der Waals surface area contributed by atoms with E-state index in [0.717, 1.165) is 22.0 Å². The van der Waals surface area contributed by atoms with Gasteiger partial charge in [0.1, 0.15) is 0 Å². The SMILES string of the molecule is Cc1ccc2c(c1)c(C(=O)c1nnc(-c3ccncc3)o1)cn2Cc1ccc(Cl)cc1Cl. The van der Waals surface area contributed by atoms with Crippen molar-refractivity contribution in [3.8, 4) is 11.5 Å². The Kier molecular flexibility index (Phi) is 5.25. The number of rotatable bonds is 5. The average Bonchev–Trinajstić information content (AvgIpc) is 3.41. The number of hydrogen-bond acceptors (Lipinski definition) is 5. The number of ketones is 1. The number of aryl methyl sites for hydroxylation is 1. The number of pyridine rings is 1. The molecule has 0 bridgehead atoms. The third-order valence-corrected chi connectivity index (χ3v) is 5.77. The van der Waals surface area contributed by atoms with Gasteiger partial charge in [0.15, 0.2) is 0 Å². The summed E-state index contributed by atoms with van der Waals surface area (Å²) in [4.78, 5) is 17.3. The minimum Gasteiger partial charge on any atom is -0.413 e. The molecule has 3 heterocycles. The second-order valence-corrected chi connectivity index (χ2v) is 8.25. The number of benzene rings is 2. The maximum Gasteiger partial charge on any atom is 0.289 e. The third-order valence-electron chi connectivity index (χ3n) is 5.18. The number of nitrogens with zero attached hydrogens (tertiary/aromatic N) is 4. The van der Waals surface area contributed by atoms with Crippen LogP contribution in [0.25, 0.3) is 22.4 Å². The van der Waals surface area contributed by atoms with E-state index in [-0.39, 0.29) is 17.6 Å². The molecule has 5 aromatic rings. The van der Waals surface area contributed by atoms with E-state index in [1.807, 2.05) is 35.8 Å². The third kappa shape index (κ3) is 3.79. The van der Waals surface area contributed by atoms with Crippen LogP contribution in [0.15, 0.2) is 71.5 Å². The zero-order valence-electron chi connectivity index (χ0n) is 16.9. The van der Waals surface area contributed by atoms with Crippen molar-refractivity contribution in [3.63, 3.8) is 0 Å². The summed E-state index contributed by atoms with van der Waals surface area (Å²) >= 11 is 12.4. The molecular weight excluding hydrogens is 447 g/mol. The maximum absolute atomic E-state index is 13.3.